The van der Waals surface area contributed by atoms with Crippen LogP contribution in [0.15, 0.2) is 54.6 Å². The van der Waals surface area contributed by atoms with E-state index in [2.05, 4.69) is 15.7 Å². The summed E-state index contributed by atoms with van der Waals surface area (Å²) in [6.07, 6.45) is 0. The Kier molecular flexibility index (Phi) is 5.92. The maximum atomic E-state index is 14.4. The van der Waals surface area contributed by atoms with Crippen molar-refractivity contribution in [2.75, 3.05) is 11.9 Å². The molecule has 3 aromatic rings. The van der Waals surface area contributed by atoms with Crippen LogP contribution in [0.25, 0.3) is 5.69 Å². The largest absolute Gasteiger partial charge is 0.325 e. The van der Waals surface area contributed by atoms with E-state index in [-0.39, 0.29) is 11.0 Å². The number of benzene rings is 2. The third-order valence-electron chi connectivity index (χ3n) is 5.79. The molecule has 0 spiro atoms. The number of nitrogens with one attached hydrogen (secondary N) is 2. The van der Waals surface area contributed by atoms with Gasteiger partial charge in [-0.2, -0.15) is 5.10 Å². The molecule has 1 fully saturated rings. The second-order valence-corrected chi connectivity index (χ2v) is 9.53. The number of amides is 4. The maximum absolute atomic E-state index is 14.4. The summed E-state index contributed by atoms with van der Waals surface area (Å²) in [4.78, 5) is 39.2. The number of rotatable bonds is 5. The summed E-state index contributed by atoms with van der Waals surface area (Å²) in [6, 6.07) is 12.6. The summed E-state index contributed by atoms with van der Waals surface area (Å²) < 4.78 is 29.7. The zero-order chi connectivity index (χ0) is 25.5. The molecule has 1 saturated heterocycles. The predicted molar refractivity (Wildman–Crippen MR) is 125 cm³/mol. The van der Waals surface area contributed by atoms with Gasteiger partial charge in [0.1, 0.15) is 29.5 Å². The number of hydrogen-bond acceptors (Lipinski definition) is 4. The Morgan fingerprint density at radius 2 is 1.77 bits per heavy atom. The van der Waals surface area contributed by atoms with Gasteiger partial charge in [-0.05, 0) is 37.3 Å². The first kappa shape index (κ1) is 24.1. The fraction of sp³-hybridized carbons (Fsp3) is 0.280. The summed E-state index contributed by atoms with van der Waals surface area (Å²) >= 11 is 0. The van der Waals surface area contributed by atoms with E-state index in [9.17, 15) is 23.2 Å². The quantitative estimate of drug-likeness (QED) is 0.541. The predicted octanol–water partition coefficient (Wildman–Crippen LogP) is 3.85. The van der Waals surface area contributed by atoms with E-state index in [4.69, 9.17) is 0 Å². The highest BCUT2D eigenvalue weighted by atomic mass is 19.1. The van der Waals surface area contributed by atoms with Crippen molar-refractivity contribution in [3.05, 3.63) is 77.5 Å². The lowest BCUT2D eigenvalue weighted by Crippen LogP contribution is -2.42. The first-order valence-corrected chi connectivity index (χ1v) is 11.0. The van der Waals surface area contributed by atoms with Crippen molar-refractivity contribution in [2.24, 2.45) is 0 Å². The summed E-state index contributed by atoms with van der Waals surface area (Å²) in [5, 5.41) is 9.70. The Morgan fingerprint density at radius 3 is 2.43 bits per heavy atom. The van der Waals surface area contributed by atoms with Gasteiger partial charge in [0.15, 0.2) is 0 Å². The SMILES string of the molecule is CC(C)(C)c1cc(NC(=O)CN2C(=O)N[C@@](C)(c3cc(F)ccc3F)C2=O)n(-c2ccccc2)n1. The van der Waals surface area contributed by atoms with E-state index in [1.807, 2.05) is 51.1 Å². The summed E-state index contributed by atoms with van der Waals surface area (Å²) in [5.41, 5.74) is -1.05. The maximum Gasteiger partial charge on any atom is 0.325 e. The number of para-hydroxylation sites is 1. The second-order valence-electron chi connectivity index (χ2n) is 9.53. The highest BCUT2D eigenvalue weighted by Crippen LogP contribution is 2.31. The minimum atomic E-state index is -1.85. The van der Waals surface area contributed by atoms with Crippen molar-refractivity contribution in [3.63, 3.8) is 0 Å². The topological polar surface area (TPSA) is 96.3 Å². The molecule has 35 heavy (non-hydrogen) atoms. The van der Waals surface area contributed by atoms with Crippen LogP contribution in [-0.2, 0) is 20.5 Å². The van der Waals surface area contributed by atoms with Crippen molar-refractivity contribution in [1.82, 2.24) is 20.0 Å². The molecule has 10 heteroatoms. The molecule has 4 rings (SSSR count). The van der Waals surface area contributed by atoms with E-state index in [0.29, 0.717) is 16.4 Å². The highest BCUT2D eigenvalue weighted by molar-refractivity contribution is 6.10. The number of carbonyl (C=O) groups excluding carboxylic acids is 3. The van der Waals surface area contributed by atoms with Crippen LogP contribution >= 0.6 is 0 Å². The average Bonchev–Trinajstić information content (AvgIpc) is 3.31. The molecule has 2 N–H and O–H groups in total. The second kappa shape index (κ2) is 8.61. The van der Waals surface area contributed by atoms with Crippen molar-refractivity contribution >= 4 is 23.7 Å². The number of halogens is 2. The average molecular weight is 482 g/mol. The Hall–Kier alpha value is -4.08. The molecule has 1 aliphatic heterocycles. The number of carbonyl (C=O) groups is 3. The smallest absolute Gasteiger partial charge is 0.319 e. The van der Waals surface area contributed by atoms with E-state index in [0.717, 1.165) is 23.9 Å². The van der Waals surface area contributed by atoms with Crippen LogP contribution in [0.3, 0.4) is 0 Å². The van der Waals surface area contributed by atoms with E-state index in [1.54, 1.807) is 10.7 Å². The highest BCUT2D eigenvalue weighted by Gasteiger charge is 2.51. The molecule has 4 amide bonds. The van der Waals surface area contributed by atoms with E-state index >= 15 is 0 Å². The van der Waals surface area contributed by atoms with Gasteiger partial charge in [0.2, 0.25) is 5.91 Å². The fourth-order valence-corrected chi connectivity index (χ4v) is 3.83. The first-order valence-electron chi connectivity index (χ1n) is 11.0. The van der Waals surface area contributed by atoms with Gasteiger partial charge in [-0.15, -0.1) is 0 Å². The van der Waals surface area contributed by atoms with Crippen molar-refractivity contribution in [3.8, 4) is 5.69 Å². The lowest BCUT2D eigenvalue weighted by molar-refractivity contribution is -0.133. The number of aromatic nitrogens is 2. The molecule has 2 heterocycles. The third-order valence-corrected chi connectivity index (χ3v) is 5.79. The van der Waals surface area contributed by atoms with Crippen LogP contribution in [0.1, 0.15) is 39.0 Å². The molecule has 2 aromatic carbocycles. The minimum Gasteiger partial charge on any atom is -0.319 e. The Balaban J connectivity index is 1.58. The standard InChI is InChI=1S/C25H25F2N5O3/c1-24(2,3)19-13-20(32(30-19)16-8-6-5-7-9-16)28-21(33)14-31-22(34)25(4,29-23(31)35)17-12-15(26)10-11-18(17)27/h5-13H,14H2,1-4H3,(H,28,33)(H,29,35)/t25-/m0/s1. The van der Waals surface area contributed by atoms with Gasteiger partial charge in [0, 0.05) is 17.0 Å². The summed E-state index contributed by atoms with van der Waals surface area (Å²) in [6.45, 7) is 6.59. The fourth-order valence-electron chi connectivity index (χ4n) is 3.83. The lowest BCUT2D eigenvalue weighted by Gasteiger charge is -2.22. The lowest BCUT2D eigenvalue weighted by atomic mass is 9.91. The monoisotopic (exact) mass is 481 g/mol. The molecule has 0 aliphatic carbocycles. The van der Waals surface area contributed by atoms with Gasteiger partial charge in [-0.1, -0.05) is 39.0 Å². The van der Waals surface area contributed by atoms with Crippen LogP contribution in [0, 0.1) is 11.6 Å². The first-order chi connectivity index (χ1) is 16.4. The number of nitrogens with zero attached hydrogens (tertiary/aromatic N) is 3. The number of urea groups is 1. The molecule has 182 valence electrons. The van der Waals surface area contributed by atoms with Gasteiger partial charge < -0.3 is 10.6 Å². The zero-order valence-electron chi connectivity index (χ0n) is 19.7. The molecular weight excluding hydrogens is 456 g/mol. The number of imide groups is 1. The van der Waals surface area contributed by atoms with Crippen molar-refractivity contribution < 1.29 is 23.2 Å². The Morgan fingerprint density at radius 1 is 1.09 bits per heavy atom. The van der Waals surface area contributed by atoms with Crippen LogP contribution in [0.2, 0.25) is 0 Å². The summed E-state index contributed by atoms with van der Waals surface area (Å²) in [5.74, 6) is -2.78. The van der Waals surface area contributed by atoms with Gasteiger partial charge in [0.25, 0.3) is 5.91 Å². The minimum absolute atomic E-state index is 0.304. The molecule has 1 aliphatic rings. The number of anilines is 1. The normalized spacial score (nSPS) is 18.1. The van der Waals surface area contributed by atoms with Gasteiger partial charge in [-0.3, -0.25) is 14.5 Å². The van der Waals surface area contributed by atoms with Gasteiger partial charge in [0.05, 0.1) is 11.4 Å². The summed E-state index contributed by atoms with van der Waals surface area (Å²) in [7, 11) is 0. The van der Waals surface area contributed by atoms with Crippen LogP contribution in [-0.4, -0.2) is 39.1 Å². The zero-order valence-corrected chi connectivity index (χ0v) is 19.7. The molecule has 8 nitrogen and oxygen atoms in total. The van der Waals surface area contributed by atoms with Crippen LogP contribution in [0.4, 0.5) is 19.4 Å². The third kappa shape index (κ3) is 4.51. The van der Waals surface area contributed by atoms with Crippen LogP contribution in [0.5, 0.6) is 0 Å². The van der Waals surface area contributed by atoms with Crippen LogP contribution < -0.4 is 10.6 Å². The Labute approximate surface area is 200 Å². The van der Waals surface area contributed by atoms with Crippen molar-refractivity contribution in [2.45, 2.75) is 38.6 Å². The van der Waals surface area contributed by atoms with Gasteiger partial charge >= 0.3 is 6.03 Å². The molecule has 0 radical (unpaired) electrons. The molecular formula is C25H25F2N5O3. The van der Waals surface area contributed by atoms with E-state index in [1.165, 1.54) is 6.92 Å². The van der Waals surface area contributed by atoms with Gasteiger partial charge in [-0.25, -0.2) is 18.3 Å². The van der Waals surface area contributed by atoms with Crippen molar-refractivity contribution in [1.29, 1.82) is 0 Å². The molecule has 0 saturated carbocycles. The molecule has 1 atom stereocenters. The molecule has 0 bridgehead atoms. The van der Waals surface area contributed by atoms with E-state index < -0.39 is 41.6 Å². The Bertz CT molecular complexity index is 1320. The molecule has 0 unspecified atom stereocenters. The molecule has 1 aromatic heterocycles. The number of hydrogen-bond donors (Lipinski definition) is 2.